The molecular formula is C25H26F3N9O3S. The minimum absolute atomic E-state index is 0.000951. The van der Waals surface area contributed by atoms with Crippen molar-refractivity contribution < 1.29 is 22.1 Å². The standard InChI is InChI=1S/C25H26F3N9O3S/c1-12-18-22(36-20(34-12)17-19(14-5-6-14)32-11-33-23(17)40-3)37(13(2)25(26,27)28)24(38)21(35-18)31-9-15-7-8-16(10-30-15)41(4,29)39/h7-8,10-11,13-14,29H,5-6,9H2,1-4H3,(H,31,35)/t13-,41?/m0/s1. The summed E-state index contributed by atoms with van der Waals surface area (Å²) < 4.78 is 67.7. The average molecular weight is 590 g/mol. The van der Waals surface area contributed by atoms with E-state index in [0.29, 0.717) is 21.5 Å². The zero-order valence-corrected chi connectivity index (χ0v) is 23.3. The van der Waals surface area contributed by atoms with Crippen LogP contribution in [0.25, 0.3) is 22.6 Å². The third-order valence-corrected chi connectivity index (χ3v) is 7.82. The van der Waals surface area contributed by atoms with Gasteiger partial charge in [0, 0.05) is 18.4 Å². The number of nitrogens with zero attached hydrogens (tertiary/aromatic N) is 7. The van der Waals surface area contributed by atoms with Crippen molar-refractivity contribution in [2.45, 2.75) is 56.3 Å². The third-order valence-electron chi connectivity index (χ3n) is 6.68. The van der Waals surface area contributed by atoms with Gasteiger partial charge in [-0.25, -0.2) is 33.9 Å². The van der Waals surface area contributed by atoms with Gasteiger partial charge in [-0.05, 0) is 38.8 Å². The number of alkyl halides is 3. The van der Waals surface area contributed by atoms with E-state index in [-0.39, 0.29) is 51.7 Å². The van der Waals surface area contributed by atoms with E-state index in [2.05, 4.69) is 35.2 Å². The van der Waals surface area contributed by atoms with Gasteiger partial charge in [-0.2, -0.15) is 13.2 Å². The summed E-state index contributed by atoms with van der Waals surface area (Å²) in [5, 5.41) is 2.76. The lowest BCUT2D eigenvalue weighted by atomic mass is 10.1. The summed E-state index contributed by atoms with van der Waals surface area (Å²) in [6, 6.07) is 0.728. The van der Waals surface area contributed by atoms with Crippen LogP contribution in [-0.4, -0.2) is 58.2 Å². The van der Waals surface area contributed by atoms with E-state index in [1.165, 1.54) is 38.0 Å². The first-order valence-electron chi connectivity index (χ1n) is 12.5. The van der Waals surface area contributed by atoms with Crippen LogP contribution in [0.2, 0.25) is 0 Å². The lowest BCUT2D eigenvalue weighted by Gasteiger charge is -2.22. The molecule has 12 nitrogen and oxygen atoms in total. The Labute approximate surface area is 232 Å². The van der Waals surface area contributed by atoms with E-state index >= 15 is 0 Å². The van der Waals surface area contributed by atoms with Crippen LogP contribution in [-0.2, 0) is 16.3 Å². The largest absolute Gasteiger partial charge is 0.480 e. The predicted molar refractivity (Wildman–Crippen MR) is 143 cm³/mol. The molecule has 0 aromatic carbocycles. The quantitative estimate of drug-likeness (QED) is 0.307. The maximum atomic E-state index is 14.0. The summed E-state index contributed by atoms with van der Waals surface area (Å²) in [6.45, 7) is 2.36. The Hall–Kier alpha value is -4.21. The lowest BCUT2D eigenvalue weighted by Crippen LogP contribution is -2.35. The molecule has 1 saturated carbocycles. The van der Waals surface area contributed by atoms with E-state index < -0.39 is 27.5 Å². The summed E-state index contributed by atoms with van der Waals surface area (Å²) in [4.78, 5) is 39.6. The summed E-state index contributed by atoms with van der Waals surface area (Å²) >= 11 is 0. The van der Waals surface area contributed by atoms with Crippen LogP contribution in [0, 0.1) is 11.7 Å². The molecule has 1 aliphatic carbocycles. The van der Waals surface area contributed by atoms with Gasteiger partial charge in [0.15, 0.2) is 17.3 Å². The first-order chi connectivity index (χ1) is 19.3. The molecule has 0 aliphatic heterocycles. The molecule has 0 bridgehead atoms. The fraction of sp³-hybridized carbons (Fsp3) is 0.400. The molecule has 0 spiro atoms. The lowest BCUT2D eigenvalue weighted by molar-refractivity contribution is -0.162. The first-order valence-corrected chi connectivity index (χ1v) is 14.5. The maximum Gasteiger partial charge on any atom is 0.409 e. The van der Waals surface area contributed by atoms with Crippen LogP contribution >= 0.6 is 0 Å². The fourth-order valence-corrected chi connectivity index (χ4v) is 4.87. The second kappa shape index (κ2) is 10.3. The Kier molecular flexibility index (Phi) is 7.13. The van der Waals surface area contributed by atoms with Crippen molar-refractivity contribution in [1.82, 2.24) is 34.5 Å². The van der Waals surface area contributed by atoms with E-state index in [9.17, 15) is 22.2 Å². The van der Waals surface area contributed by atoms with Crippen LogP contribution in [0.15, 0.2) is 34.3 Å². The van der Waals surface area contributed by atoms with Crippen molar-refractivity contribution in [3.8, 4) is 17.3 Å². The zero-order chi connectivity index (χ0) is 29.7. The summed E-state index contributed by atoms with van der Waals surface area (Å²) in [6.07, 6.45) is 0.868. The number of halogens is 3. The second-order valence-electron chi connectivity index (χ2n) is 9.76. The smallest absolute Gasteiger partial charge is 0.409 e. The number of fused-ring (bicyclic) bond motifs is 1. The molecule has 1 aliphatic rings. The first kappa shape index (κ1) is 28.3. The Morgan fingerprint density at radius 3 is 2.51 bits per heavy atom. The number of pyridine rings is 1. The molecule has 0 saturated heterocycles. The van der Waals surface area contributed by atoms with Crippen LogP contribution in [0.4, 0.5) is 19.0 Å². The van der Waals surface area contributed by atoms with Gasteiger partial charge in [-0.1, -0.05) is 0 Å². The number of hydrogen-bond donors (Lipinski definition) is 2. The van der Waals surface area contributed by atoms with Crippen molar-refractivity contribution in [1.29, 1.82) is 4.78 Å². The molecule has 2 N–H and O–H groups in total. The van der Waals surface area contributed by atoms with Crippen molar-refractivity contribution in [3.63, 3.8) is 0 Å². The molecule has 1 unspecified atom stereocenters. The number of aryl methyl sites for hydroxylation is 1. The number of hydrogen-bond acceptors (Lipinski definition) is 11. The van der Waals surface area contributed by atoms with E-state index in [1.54, 1.807) is 6.92 Å². The van der Waals surface area contributed by atoms with Gasteiger partial charge in [-0.15, -0.1) is 0 Å². The Morgan fingerprint density at radius 1 is 1.20 bits per heavy atom. The topological polar surface area (TPSA) is 162 Å². The molecule has 41 heavy (non-hydrogen) atoms. The number of nitrogens with one attached hydrogen (secondary N) is 2. The van der Waals surface area contributed by atoms with Gasteiger partial charge in [-0.3, -0.25) is 14.3 Å². The number of aromatic nitrogens is 7. The van der Waals surface area contributed by atoms with Crippen molar-refractivity contribution in [3.05, 3.63) is 52.1 Å². The maximum absolute atomic E-state index is 14.0. The van der Waals surface area contributed by atoms with Gasteiger partial charge < -0.3 is 10.1 Å². The normalized spacial score (nSPS) is 15.9. The molecule has 216 valence electrons. The molecule has 0 amide bonds. The number of methoxy groups -OCH3 is 1. The van der Waals surface area contributed by atoms with E-state index in [0.717, 1.165) is 19.8 Å². The molecular weight excluding hydrogens is 563 g/mol. The Bertz CT molecular complexity index is 1810. The van der Waals surface area contributed by atoms with Crippen molar-refractivity contribution >= 4 is 26.7 Å². The van der Waals surface area contributed by atoms with Crippen molar-refractivity contribution in [2.24, 2.45) is 0 Å². The molecule has 5 rings (SSSR count). The highest BCUT2D eigenvalue weighted by Gasteiger charge is 2.40. The average Bonchev–Trinajstić information content (AvgIpc) is 3.76. The molecule has 4 heterocycles. The highest BCUT2D eigenvalue weighted by Crippen LogP contribution is 2.45. The molecule has 4 aromatic rings. The highest BCUT2D eigenvalue weighted by molar-refractivity contribution is 7.91. The molecule has 4 aromatic heterocycles. The molecule has 0 radical (unpaired) electrons. The van der Waals surface area contributed by atoms with E-state index in [4.69, 9.17) is 9.52 Å². The third kappa shape index (κ3) is 5.55. The van der Waals surface area contributed by atoms with Gasteiger partial charge in [0.25, 0.3) is 5.56 Å². The van der Waals surface area contributed by atoms with Crippen LogP contribution in [0.5, 0.6) is 5.88 Å². The molecule has 16 heteroatoms. The monoisotopic (exact) mass is 589 g/mol. The zero-order valence-electron chi connectivity index (χ0n) is 22.5. The number of ether oxygens (including phenoxy) is 1. The van der Waals surface area contributed by atoms with Crippen LogP contribution in [0.1, 0.15) is 48.8 Å². The summed E-state index contributed by atoms with van der Waals surface area (Å²) in [5.41, 5.74) is 0.282. The summed E-state index contributed by atoms with van der Waals surface area (Å²) in [5.74, 6) is -0.0221. The highest BCUT2D eigenvalue weighted by atomic mass is 32.2. The Morgan fingerprint density at radius 2 is 1.93 bits per heavy atom. The SMILES string of the molecule is COc1ncnc(C2CC2)c1-c1nc(C)c2nc(NCc3ccc(S(C)(=N)=O)cn3)c(=O)n([C@@H](C)C(F)(F)F)c2n1. The number of rotatable bonds is 8. The van der Waals surface area contributed by atoms with Crippen molar-refractivity contribution in [2.75, 3.05) is 18.7 Å². The van der Waals surface area contributed by atoms with E-state index in [1.807, 2.05) is 0 Å². The fourth-order valence-electron chi connectivity index (χ4n) is 4.29. The van der Waals surface area contributed by atoms with Gasteiger partial charge in [0.2, 0.25) is 5.88 Å². The number of anilines is 1. The minimum atomic E-state index is -4.78. The minimum Gasteiger partial charge on any atom is -0.480 e. The molecule has 2 atom stereocenters. The second-order valence-corrected chi connectivity index (χ2v) is 11.9. The van der Waals surface area contributed by atoms with Crippen LogP contribution in [0.3, 0.4) is 0 Å². The molecule has 1 fully saturated rings. The van der Waals surface area contributed by atoms with Gasteiger partial charge >= 0.3 is 6.18 Å². The van der Waals surface area contributed by atoms with Gasteiger partial charge in [0.1, 0.15) is 23.4 Å². The Balaban J connectivity index is 1.65. The predicted octanol–water partition coefficient (Wildman–Crippen LogP) is 4.00. The summed E-state index contributed by atoms with van der Waals surface area (Å²) in [7, 11) is -1.56. The van der Waals surface area contributed by atoms with Gasteiger partial charge in [0.05, 0.1) is 45.4 Å². The van der Waals surface area contributed by atoms with Crippen LogP contribution < -0.4 is 15.6 Å².